The number of aromatic nitrogens is 2. The van der Waals surface area contributed by atoms with Crippen LogP contribution in [0.4, 0.5) is 9.18 Å². The van der Waals surface area contributed by atoms with Gasteiger partial charge in [-0.1, -0.05) is 60.1 Å². The fourth-order valence-electron chi connectivity index (χ4n) is 4.06. The van der Waals surface area contributed by atoms with Crippen molar-refractivity contribution in [2.75, 3.05) is 6.61 Å². The third kappa shape index (κ3) is 3.67. The molecule has 0 radical (unpaired) electrons. The molecule has 5 rings (SSSR count). The Kier molecular flexibility index (Phi) is 5.80. The Morgan fingerprint density at radius 2 is 1.82 bits per heavy atom. The minimum Gasteiger partial charge on any atom is -0.449 e. The smallest absolute Gasteiger partial charge is 0.420 e. The molecule has 0 spiro atoms. The number of halogens is 3. The molecule has 3 aromatic carbocycles. The van der Waals surface area contributed by atoms with E-state index in [1.54, 1.807) is 13.0 Å². The lowest BCUT2D eigenvalue weighted by Gasteiger charge is -2.14. The Morgan fingerprint density at radius 3 is 2.55 bits per heavy atom. The van der Waals surface area contributed by atoms with Crippen molar-refractivity contribution < 1.29 is 13.9 Å². The molecule has 0 aliphatic carbocycles. The fraction of sp³-hybridized carbons (Fsp3) is 0.0769. The zero-order valence-electron chi connectivity index (χ0n) is 17.5. The molecule has 0 unspecified atom stereocenters. The number of benzene rings is 3. The quantitative estimate of drug-likeness (QED) is 0.207. The Morgan fingerprint density at radius 1 is 1.09 bits per heavy atom. The van der Waals surface area contributed by atoms with E-state index in [1.165, 1.54) is 16.7 Å². The van der Waals surface area contributed by atoms with Crippen LogP contribution in [-0.4, -0.2) is 22.3 Å². The first kappa shape index (κ1) is 21.9. The highest BCUT2D eigenvalue weighted by Gasteiger charge is 2.26. The van der Waals surface area contributed by atoms with E-state index in [2.05, 4.69) is 22.6 Å². The predicted molar refractivity (Wildman–Crippen MR) is 138 cm³/mol. The molecule has 0 saturated heterocycles. The van der Waals surface area contributed by atoms with Gasteiger partial charge in [-0.15, -0.1) is 0 Å². The number of pyridine rings is 1. The zero-order valence-corrected chi connectivity index (χ0v) is 20.4. The second-order valence-corrected chi connectivity index (χ2v) is 8.88. The first-order chi connectivity index (χ1) is 16.0. The molecular formula is C26H17ClFIN2O2. The van der Waals surface area contributed by atoms with Gasteiger partial charge in [-0.3, -0.25) is 0 Å². The highest BCUT2D eigenvalue weighted by molar-refractivity contribution is 14.1. The first-order valence-electron chi connectivity index (χ1n) is 10.3. The van der Waals surface area contributed by atoms with Crippen LogP contribution in [0.1, 0.15) is 6.92 Å². The maximum atomic E-state index is 14.3. The lowest BCUT2D eigenvalue weighted by atomic mass is 9.98. The van der Waals surface area contributed by atoms with E-state index < -0.39 is 11.9 Å². The van der Waals surface area contributed by atoms with Crippen LogP contribution >= 0.6 is 34.2 Å². The van der Waals surface area contributed by atoms with E-state index in [-0.39, 0.29) is 6.61 Å². The molecular weight excluding hydrogens is 554 g/mol. The van der Waals surface area contributed by atoms with Gasteiger partial charge in [0.05, 0.1) is 17.8 Å². The Hall–Kier alpha value is -2.97. The second-order valence-electron chi connectivity index (χ2n) is 7.39. The van der Waals surface area contributed by atoms with Crippen molar-refractivity contribution in [2.45, 2.75) is 6.92 Å². The van der Waals surface area contributed by atoms with Gasteiger partial charge in [0.1, 0.15) is 5.82 Å². The average molecular weight is 571 g/mol. The van der Waals surface area contributed by atoms with E-state index in [0.717, 1.165) is 25.6 Å². The molecule has 0 aliphatic heterocycles. The van der Waals surface area contributed by atoms with Gasteiger partial charge in [0.15, 0.2) is 5.65 Å². The fourth-order valence-corrected chi connectivity index (χ4v) is 5.28. The van der Waals surface area contributed by atoms with Crippen molar-refractivity contribution >= 4 is 62.2 Å². The van der Waals surface area contributed by atoms with Crippen LogP contribution in [-0.2, 0) is 4.74 Å². The van der Waals surface area contributed by atoms with E-state index in [4.69, 9.17) is 21.3 Å². The van der Waals surface area contributed by atoms with Crippen LogP contribution in [0.5, 0.6) is 0 Å². The molecule has 2 aromatic heterocycles. The summed E-state index contributed by atoms with van der Waals surface area (Å²) in [5, 5.41) is 1.98. The summed E-state index contributed by atoms with van der Waals surface area (Å²) in [5.74, 6) is -0.451. The third-order valence-corrected chi connectivity index (χ3v) is 6.82. The van der Waals surface area contributed by atoms with Crippen molar-refractivity contribution in [1.29, 1.82) is 0 Å². The maximum absolute atomic E-state index is 14.3. The first-order valence-corrected chi connectivity index (χ1v) is 11.8. The van der Waals surface area contributed by atoms with Crippen LogP contribution in [0.2, 0.25) is 5.02 Å². The molecule has 5 aromatic rings. The third-order valence-electron chi connectivity index (χ3n) is 5.44. The van der Waals surface area contributed by atoms with E-state index >= 15 is 0 Å². The molecule has 4 nitrogen and oxygen atoms in total. The van der Waals surface area contributed by atoms with Gasteiger partial charge >= 0.3 is 6.09 Å². The number of hydrogen-bond donors (Lipinski definition) is 0. The van der Waals surface area contributed by atoms with Crippen molar-refractivity contribution in [3.8, 4) is 22.4 Å². The van der Waals surface area contributed by atoms with Crippen LogP contribution in [0.3, 0.4) is 0 Å². The summed E-state index contributed by atoms with van der Waals surface area (Å²) >= 11 is 8.92. The molecule has 0 fully saturated rings. The summed E-state index contributed by atoms with van der Waals surface area (Å²) < 4.78 is 21.8. The highest BCUT2D eigenvalue weighted by Crippen LogP contribution is 2.44. The summed E-state index contributed by atoms with van der Waals surface area (Å²) in [4.78, 5) is 18.0. The van der Waals surface area contributed by atoms with Gasteiger partial charge in [-0.2, -0.15) is 0 Å². The van der Waals surface area contributed by atoms with Gasteiger partial charge < -0.3 is 4.74 Å². The average Bonchev–Trinajstić information content (AvgIpc) is 3.13. The molecule has 164 valence electrons. The van der Waals surface area contributed by atoms with E-state index in [1.807, 2.05) is 54.6 Å². The van der Waals surface area contributed by atoms with Crippen LogP contribution in [0, 0.1) is 9.39 Å². The van der Waals surface area contributed by atoms with Crippen molar-refractivity contribution in [3.63, 3.8) is 0 Å². The number of nitrogens with zero attached hydrogens (tertiary/aromatic N) is 2. The number of ether oxygens (including phenoxy) is 1. The summed E-state index contributed by atoms with van der Waals surface area (Å²) in [7, 11) is 0. The summed E-state index contributed by atoms with van der Waals surface area (Å²) in [6, 6.07) is 21.6. The Bertz CT molecular complexity index is 1530. The number of rotatable bonds is 3. The summed E-state index contributed by atoms with van der Waals surface area (Å²) in [6.07, 6.45) is -0.610. The second kappa shape index (κ2) is 8.76. The van der Waals surface area contributed by atoms with Crippen LogP contribution in [0.25, 0.3) is 44.3 Å². The number of carbonyl (C=O) groups excluding carboxylic acids is 1. The molecule has 0 amide bonds. The van der Waals surface area contributed by atoms with Crippen molar-refractivity contribution in [2.24, 2.45) is 0 Å². The zero-order chi connectivity index (χ0) is 23.1. The van der Waals surface area contributed by atoms with Crippen LogP contribution < -0.4 is 0 Å². The SMILES string of the molecule is CCOC(=O)n1c2cc(F)ccc2c2c(-c3ccccc3Cl)c(I)c(-c3ccccc3)nc21. The normalized spacial score (nSPS) is 11.3. The molecule has 0 saturated carbocycles. The molecule has 0 N–H and O–H groups in total. The van der Waals surface area contributed by atoms with E-state index in [0.29, 0.717) is 27.3 Å². The number of hydrogen-bond acceptors (Lipinski definition) is 3. The Balaban J connectivity index is 2.02. The van der Waals surface area contributed by atoms with Crippen molar-refractivity contribution in [3.05, 3.63) is 87.2 Å². The van der Waals surface area contributed by atoms with Crippen molar-refractivity contribution in [1.82, 2.24) is 9.55 Å². The summed E-state index contributed by atoms with van der Waals surface area (Å²) in [6.45, 7) is 1.91. The number of fused-ring (bicyclic) bond motifs is 3. The standard InChI is InChI=1S/C26H17ClFIN2O2/c1-2-33-26(32)31-20-14-16(28)12-13-18(20)22-21(17-10-6-7-11-19(17)27)23(29)24(30-25(22)31)15-8-4-3-5-9-15/h3-14H,2H2,1H3. The van der Waals surface area contributed by atoms with E-state index in [9.17, 15) is 9.18 Å². The molecule has 7 heteroatoms. The number of carbonyl (C=O) groups is 1. The Labute approximate surface area is 208 Å². The molecule has 0 bridgehead atoms. The largest absolute Gasteiger partial charge is 0.449 e. The molecule has 0 aliphatic rings. The molecule has 33 heavy (non-hydrogen) atoms. The minimum absolute atomic E-state index is 0.183. The topological polar surface area (TPSA) is 44.1 Å². The lowest BCUT2D eigenvalue weighted by molar-refractivity contribution is 0.156. The lowest BCUT2D eigenvalue weighted by Crippen LogP contribution is -2.14. The molecule has 2 heterocycles. The minimum atomic E-state index is -0.610. The monoisotopic (exact) mass is 570 g/mol. The molecule has 0 atom stereocenters. The van der Waals surface area contributed by atoms with Gasteiger partial charge in [0.2, 0.25) is 0 Å². The van der Waals surface area contributed by atoms with Gasteiger partial charge in [-0.05, 0) is 53.8 Å². The summed E-state index contributed by atoms with van der Waals surface area (Å²) in [5.41, 5.74) is 4.02. The van der Waals surface area contributed by atoms with Gasteiger partial charge in [0, 0.05) is 36.1 Å². The van der Waals surface area contributed by atoms with Crippen LogP contribution in [0.15, 0.2) is 72.8 Å². The maximum Gasteiger partial charge on any atom is 0.420 e. The van der Waals surface area contributed by atoms with Gasteiger partial charge in [0.25, 0.3) is 0 Å². The highest BCUT2D eigenvalue weighted by atomic mass is 127. The predicted octanol–water partition coefficient (Wildman–Crippen LogP) is 7.93. The van der Waals surface area contributed by atoms with Gasteiger partial charge in [-0.25, -0.2) is 18.7 Å².